The van der Waals surface area contributed by atoms with Gasteiger partial charge in [0.05, 0.1) is 6.61 Å². The second kappa shape index (κ2) is 3.95. The molecule has 0 saturated heterocycles. The van der Waals surface area contributed by atoms with Gasteiger partial charge in [-0.2, -0.15) is 0 Å². The van der Waals surface area contributed by atoms with Crippen molar-refractivity contribution in [1.82, 2.24) is 4.90 Å². The van der Waals surface area contributed by atoms with Gasteiger partial charge >= 0.3 is 0 Å². The predicted molar refractivity (Wildman–Crippen MR) is 42.2 cm³/mol. The first-order valence-electron chi connectivity index (χ1n) is 3.02. The molecule has 0 saturated carbocycles. The molecule has 0 amide bonds. The number of aliphatic hydroxyl groups is 1. The van der Waals surface area contributed by atoms with Crippen LogP contribution >= 0.6 is 0 Å². The molecule has 0 bridgehead atoms. The number of hydrogen-bond acceptors (Lipinski definition) is 3. The molecule has 0 rings (SSSR count). The van der Waals surface area contributed by atoms with E-state index < -0.39 is 0 Å². The molecule has 0 atom stereocenters. The van der Waals surface area contributed by atoms with E-state index in [2.05, 4.69) is 6.58 Å². The lowest BCUT2D eigenvalue weighted by Gasteiger charge is -2.14. The molecule has 0 spiro atoms. The van der Waals surface area contributed by atoms with Crippen LogP contribution in [0.2, 0.25) is 0 Å². The van der Waals surface area contributed by atoms with E-state index in [1.54, 1.807) is 11.0 Å². The van der Waals surface area contributed by atoms with Crippen molar-refractivity contribution >= 4 is 0 Å². The van der Waals surface area contributed by atoms with Crippen molar-refractivity contribution in [3.05, 3.63) is 24.0 Å². The van der Waals surface area contributed by atoms with Crippen LogP contribution in [0.4, 0.5) is 0 Å². The minimum atomic E-state index is -0.0620. The summed E-state index contributed by atoms with van der Waals surface area (Å²) in [7, 11) is 3.63. The molecule has 3 nitrogen and oxygen atoms in total. The van der Waals surface area contributed by atoms with Crippen LogP contribution in [0, 0.1) is 0 Å². The molecule has 0 aliphatic heterocycles. The number of rotatable bonds is 3. The lowest BCUT2D eigenvalue weighted by Crippen LogP contribution is -2.21. The van der Waals surface area contributed by atoms with Crippen molar-refractivity contribution in [1.29, 1.82) is 0 Å². The predicted octanol–water partition coefficient (Wildman–Crippen LogP) is -0.103. The van der Waals surface area contributed by atoms with Gasteiger partial charge in [0.1, 0.15) is 5.82 Å². The summed E-state index contributed by atoms with van der Waals surface area (Å²) in [5.41, 5.74) is 6.21. The highest BCUT2D eigenvalue weighted by molar-refractivity contribution is 5.21. The molecule has 3 heteroatoms. The zero-order valence-electron chi connectivity index (χ0n) is 6.46. The monoisotopic (exact) mass is 142 g/mol. The van der Waals surface area contributed by atoms with Crippen molar-refractivity contribution in [3.63, 3.8) is 0 Å². The number of nitrogens with two attached hydrogens (primary N) is 1. The Kier molecular flexibility index (Phi) is 3.57. The minimum absolute atomic E-state index is 0.0620. The Morgan fingerprint density at radius 3 is 2.30 bits per heavy atom. The van der Waals surface area contributed by atoms with Crippen LogP contribution in [0.1, 0.15) is 0 Å². The van der Waals surface area contributed by atoms with Crippen LogP contribution in [0.5, 0.6) is 0 Å². The average molecular weight is 142 g/mol. The molecule has 10 heavy (non-hydrogen) atoms. The van der Waals surface area contributed by atoms with E-state index in [0.717, 1.165) is 0 Å². The summed E-state index contributed by atoms with van der Waals surface area (Å²) in [6, 6.07) is 0. The van der Waals surface area contributed by atoms with Crippen LogP contribution < -0.4 is 5.73 Å². The maximum Gasteiger partial charge on any atom is 0.104 e. The number of hydrogen-bond donors (Lipinski definition) is 2. The Labute approximate surface area is 61.4 Å². The molecule has 0 aliphatic rings. The van der Waals surface area contributed by atoms with Crippen LogP contribution in [-0.4, -0.2) is 30.7 Å². The van der Waals surface area contributed by atoms with Crippen molar-refractivity contribution in [2.45, 2.75) is 0 Å². The summed E-state index contributed by atoms with van der Waals surface area (Å²) in [5, 5.41) is 8.71. The van der Waals surface area contributed by atoms with E-state index in [9.17, 15) is 0 Å². The third kappa shape index (κ3) is 2.11. The van der Waals surface area contributed by atoms with E-state index in [-0.39, 0.29) is 6.61 Å². The molecule has 3 N–H and O–H groups in total. The Bertz CT molecular complexity index is 150. The first-order chi connectivity index (χ1) is 4.63. The molecule has 0 heterocycles. The van der Waals surface area contributed by atoms with Crippen molar-refractivity contribution in [2.75, 3.05) is 20.7 Å². The molecule has 0 aromatic rings. The highest BCUT2D eigenvalue weighted by atomic mass is 16.3. The smallest absolute Gasteiger partial charge is 0.104 e. The van der Waals surface area contributed by atoms with Crippen LogP contribution in [0.3, 0.4) is 0 Å². The lowest BCUT2D eigenvalue weighted by atomic mass is 10.3. The third-order valence-corrected chi connectivity index (χ3v) is 1.23. The topological polar surface area (TPSA) is 49.5 Å². The van der Waals surface area contributed by atoms with E-state index in [0.29, 0.717) is 11.4 Å². The highest BCUT2D eigenvalue weighted by Crippen LogP contribution is 2.00. The fraction of sp³-hybridized carbons (Fsp3) is 0.429. The standard InChI is InChI=1S/C7H14N2O/c1-4-6(5-10)7(8)9(2)3/h4,10H,1,5,8H2,2-3H3/b7-6+. The van der Waals surface area contributed by atoms with Gasteiger partial charge < -0.3 is 15.7 Å². The van der Waals surface area contributed by atoms with Gasteiger partial charge in [-0.05, 0) is 0 Å². The normalized spacial score (nSPS) is 12.3. The highest BCUT2D eigenvalue weighted by Gasteiger charge is 1.98. The summed E-state index contributed by atoms with van der Waals surface area (Å²) in [6.07, 6.45) is 1.55. The lowest BCUT2D eigenvalue weighted by molar-refractivity contribution is 0.328. The fourth-order valence-electron chi connectivity index (χ4n) is 0.537. The molecular weight excluding hydrogens is 128 g/mol. The molecule has 0 radical (unpaired) electrons. The van der Waals surface area contributed by atoms with Gasteiger partial charge in [-0.15, -0.1) is 0 Å². The molecule has 0 fully saturated rings. The van der Waals surface area contributed by atoms with Crippen molar-refractivity contribution in [3.8, 4) is 0 Å². The van der Waals surface area contributed by atoms with Gasteiger partial charge in [0, 0.05) is 19.7 Å². The quantitative estimate of drug-likeness (QED) is 0.541. The van der Waals surface area contributed by atoms with Crippen molar-refractivity contribution in [2.24, 2.45) is 5.73 Å². The zero-order chi connectivity index (χ0) is 8.15. The first kappa shape index (κ1) is 9.04. The molecule has 0 aromatic heterocycles. The van der Waals surface area contributed by atoms with Gasteiger partial charge in [-0.25, -0.2) is 0 Å². The maximum absolute atomic E-state index is 8.71. The molecule has 0 aromatic carbocycles. The summed E-state index contributed by atoms with van der Waals surface area (Å²) in [4.78, 5) is 1.73. The molecule has 58 valence electrons. The second-order valence-electron chi connectivity index (χ2n) is 2.17. The Morgan fingerprint density at radius 1 is 1.70 bits per heavy atom. The van der Waals surface area contributed by atoms with Gasteiger partial charge in [-0.1, -0.05) is 12.7 Å². The zero-order valence-corrected chi connectivity index (χ0v) is 6.46. The van der Waals surface area contributed by atoms with Crippen LogP contribution in [-0.2, 0) is 0 Å². The largest absolute Gasteiger partial charge is 0.392 e. The number of nitrogens with zero attached hydrogens (tertiary/aromatic N) is 1. The SMILES string of the molecule is C=C/C(CO)=C(/N)N(C)C. The van der Waals surface area contributed by atoms with Crippen LogP contribution in [0.25, 0.3) is 0 Å². The Hall–Kier alpha value is -0.960. The fourth-order valence-corrected chi connectivity index (χ4v) is 0.537. The van der Waals surface area contributed by atoms with E-state index in [1.807, 2.05) is 14.1 Å². The summed E-state index contributed by atoms with van der Waals surface area (Å²) >= 11 is 0. The van der Waals surface area contributed by atoms with Gasteiger partial charge in [0.15, 0.2) is 0 Å². The second-order valence-corrected chi connectivity index (χ2v) is 2.17. The van der Waals surface area contributed by atoms with Gasteiger partial charge in [0.25, 0.3) is 0 Å². The summed E-state index contributed by atoms with van der Waals surface area (Å²) in [6.45, 7) is 3.45. The third-order valence-electron chi connectivity index (χ3n) is 1.23. The first-order valence-corrected chi connectivity index (χ1v) is 3.02. The maximum atomic E-state index is 8.71. The summed E-state index contributed by atoms with van der Waals surface area (Å²) < 4.78 is 0. The Morgan fingerprint density at radius 2 is 2.20 bits per heavy atom. The Balaban J connectivity index is 4.42. The number of aliphatic hydroxyl groups excluding tert-OH is 1. The van der Waals surface area contributed by atoms with E-state index in [4.69, 9.17) is 10.8 Å². The van der Waals surface area contributed by atoms with Crippen molar-refractivity contribution < 1.29 is 5.11 Å². The van der Waals surface area contributed by atoms with Crippen LogP contribution in [0.15, 0.2) is 24.0 Å². The molecular formula is C7H14N2O. The average Bonchev–Trinajstić information content (AvgIpc) is 1.90. The molecule has 0 unspecified atom stereocenters. The summed E-state index contributed by atoms with van der Waals surface area (Å²) in [5.74, 6) is 0.553. The van der Waals surface area contributed by atoms with Gasteiger partial charge in [0.2, 0.25) is 0 Å². The minimum Gasteiger partial charge on any atom is -0.392 e. The molecule has 0 aliphatic carbocycles. The van der Waals surface area contributed by atoms with Gasteiger partial charge in [-0.3, -0.25) is 0 Å². The van der Waals surface area contributed by atoms with E-state index in [1.165, 1.54) is 0 Å². The van der Waals surface area contributed by atoms with E-state index >= 15 is 0 Å².